The number of halogens is 1. The predicted molar refractivity (Wildman–Crippen MR) is 42.3 cm³/mol. The fourth-order valence-corrected chi connectivity index (χ4v) is 0.758. The van der Waals surface area contributed by atoms with Crippen molar-refractivity contribution in [2.45, 2.75) is 12.5 Å². The molecule has 4 heteroatoms. The lowest BCUT2D eigenvalue weighted by molar-refractivity contribution is -0.0600. The number of hydrogen-bond donors (Lipinski definition) is 2. The Morgan fingerprint density at radius 1 is 1.50 bits per heavy atom. The molecular formula is C6H13BrO3. The molecule has 62 valence electrons. The van der Waals surface area contributed by atoms with Crippen LogP contribution in [0, 0.1) is 0 Å². The van der Waals surface area contributed by atoms with Crippen molar-refractivity contribution in [3.63, 3.8) is 0 Å². The molecule has 0 aliphatic heterocycles. The second kappa shape index (κ2) is 5.07. The van der Waals surface area contributed by atoms with E-state index in [4.69, 9.17) is 14.9 Å². The van der Waals surface area contributed by atoms with Crippen molar-refractivity contribution in [2.75, 3.05) is 25.2 Å². The molecule has 0 aromatic rings. The van der Waals surface area contributed by atoms with Gasteiger partial charge >= 0.3 is 0 Å². The van der Waals surface area contributed by atoms with E-state index in [1.54, 1.807) is 6.92 Å². The highest BCUT2D eigenvalue weighted by atomic mass is 79.9. The van der Waals surface area contributed by atoms with Crippen molar-refractivity contribution in [3.8, 4) is 0 Å². The molecule has 0 heterocycles. The first-order valence-electron chi connectivity index (χ1n) is 3.10. The molecule has 0 rings (SSSR count). The first-order chi connectivity index (χ1) is 4.68. The molecule has 2 N–H and O–H groups in total. The summed E-state index contributed by atoms with van der Waals surface area (Å²) in [5.74, 6) is 0. The summed E-state index contributed by atoms with van der Waals surface area (Å²) in [6.45, 7) is 1.99. The lowest BCUT2D eigenvalue weighted by Gasteiger charge is -2.24. The van der Waals surface area contributed by atoms with Gasteiger partial charge in [0.05, 0.1) is 25.4 Å². The molecule has 0 amide bonds. The summed E-state index contributed by atoms with van der Waals surface area (Å²) in [5, 5.41) is 17.7. The number of alkyl halides is 1. The molecule has 0 aromatic heterocycles. The summed E-state index contributed by atoms with van der Waals surface area (Å²) >= 11 is 3.20. The minimum Gasteiger partial charge on any atom is -0.394 e. The average Bonchev–Trinajstić information content (AvgIpc) is 2.00. The van der Waals surface area contributed by atoms with E-state index in [0.717, 1.165) is 0 Å². The van der Waals surface area contributed by atoms with Crippen LogP contribution in [0.15, 0.2) is 0 Å². The van der Waals surface area contributed by atoms with Crippen molar-refractivity contribution in [1.29, 1.82) is 0 Å². The Hall–Kier alpha value is 0.360. The van der Waals surface area contributed by atoms with Gasteiger partial charge in [0.15, 0.2) is 0 Å². The summed E-state index contributed by atoms with van der Waals surface area (Å²) in [6, 6.07) is 0. The maximum absolute atomic E-state index is 8.78. The van der Waals surface area contributed by atoms with Crippen LogP contribution in [0.1, 0.15) is 6.92 Å². The first-order valence-corrected chi connectivity index (χ1v) is 4.22. The fourth-order valence-electron chi connectivity index (χ4n) is 0.419. The molecule has 1 atom stereocenters. The van der Waals surface area contributed by atoms with Crippen LogP contribution in [0.5, 0.6) is 0 Å². The fraction of sp³-hybridized carbons (Fsp3) is 1.00. The highest BCUT2D eigenvalue weighted by Crippen LogP contribution is 2.11. The van der Waals surface area contributed by atoms with Crippen LogP contribution in [0.4, 0.5) is 0 Å². The van der Waals surface area contributed by atoms with Gasteiger partial charge < -0.3 is 14.9 Å². The Morgan fingerprint density at radius 3 is 2.40 bits per heavy atom. The topological polar surface area (TPSA) is 49.7 Å². The van der Waals surface area contributed by atoms with E-state index in [1.165, 1.54) is 0 Å². The third-order valence-corrected chi connectivity index (χ3v) is 2.35. The minimum absolute atomic E-state index is 0.0113. The second-order valence-electron chi connectivity index (χ2n) is 2.31. The van der Waals surface area contributed by atoms with Crippen molar-refractivity contribution >= 4 is 15.9 Å². The molecule has 0 aliphatic rings. The summed E-state index contributed by atoms with van der Waals surface area (Å²) in [7, 11) is 0. The highest BCUT2D eigenvalue weighted by Gasteiger charge is 2.21. The van der Waals surface area contributed by atoms with E-state index in [9.17, 15) is 0 Å². The maximum Gasteiger partial charge on any atom is 0.0981 e. The number of ether oxygens (including phenoxy) is 1. The van der Waals surface area contributed by atoms with Gasteiger partial charge in [-0.15, -0.1) is 0 Å². The van der Waals surface area contributed by atoms with Crippen LogP contribution in [0.25, 0.3) is 0 Å². The SMILES string of the molecule is CC(CO)(CBr)OCCO. The molecule has 0 saturated carbocycles. The molecule has 0 bridgehead atoms. The normalized spacial score (nSPS) is 16.8. The summed E-state index contributed by atoms with van der Waals surface area (Å²) in [4.78, 5) is 0. The molecule has 0 aromatic carbocycles. The van der Waals surface area contributed by atoms with E-state index in [-0.39, 0.29) is 19.8 Å². The van der Waals surface area contributed by atoms with Gasteiger partial charge in [-0.05, 0) is 6.92 Å². The van der Waals surface area contributed by atoms with Gasteiger partial charge in [-0.1, -0.05) is 15.9 Å². The Bertz CT molecular complexity index is 83.1. The third-order valence-electron chi connectivity index (χ3n) is 1.16. The van der Waals surface area contributed by atoms with E-state index < -0.39 is 5.60 Å². The van der Waals surface area contributed by atoms with Crippen LogP contribution >= 0.6 is 15.9 Å². The van der Waals surface area contributed by atoms with Gasteiger partial charge in [0.2, 0.25) is 0 Å². The van der Waals surface area contributed by atoms with E-state index >= 15 is 0 Å². The van der Waals surface area contributed by atoms with Crippen molar-refractivity contribution in [3.05, 3.63) is 0 Å². The number of rotatable bonds is 5. The van der Waals surface area contributed by atoms with Crippen LogP contribution < -0.4 is 0 Å². The standard InChI is InChI=1S/C6H13BrO3/c1-6(4-7,5-9)10-3-2-8/h8-9H,2-5H2,1H3. The van der Waals surface area contributed by atoms with Crippen molar-refractivity contribution in [2.24, 2.45) is 0 Å². The zero-order valence-corrected chi connectivity index (χ0v) is 7.60. The van der Waals surface area contributed by atoms with E-state index in [2.05, 4.69) is 15.9 Å². The number of aliphatic hydroxyl groups is 2. The van der Waals surface area contributed by atoms with Crippen LogP contribution in [0.2, 0.25) is 0 Å². The predicted octanol–water partition coefficient (Wildman–Crippen LogP) is 0.141. The summed E-state index contributed by atoms with van der Waals surface area (Å²) < 4.78 is 5.13. The molecule has 1 unspecified atom stereocenters. The Morgan fingerprint density at radius 2 is 2.10 bits per heavy atom. The van der Waals surface area contributed by atoms with Gasteiger partial charge in [-0.2, -0.15) is 0 Å². The lowest BCUT2D eigenvalue weighted by Crippen LogP contribution is -2.35. The monoisotopic (exact) mass is 212 g/mol. The van der Waals surface area contributed by atoms with Crippen molar-refractivity contribution in [1.82, 2.24) is 0 Å². The van der Waals surface area contributed by atoms with E-state index in [0.29, 0.717) is 5.33 Å². The largest absolute Gasteiger partial charge is 0.394 e. The molecule has 0 aliphatic carbocycles. The van der Waals surface area contributed by atoms with Gasteiger partial charge in [-0.25, -0.2) is 0 Å². The smallest absolute Gasteiger partial charge is 0.0981 e. The third kappa shape index (κ3) is 3.51. The highest BCUT2D eigenvalue weighted by molar-refractivity contribution is 9.09. The van der Waals surface area contributed by atoms with Crippen LogP contribution in [0.3, 0.4) is 0 Å². The molecular weight excluding hydrogens is 200 g/mol. The molecule has 0 spiro atoms. The number of aliphatic hydroxyl groups excluding tert-OH is 2. The number of hydrogen-bond acceptors (Lipinski definition) is 3. The Labute approximate surface area is 69.1 Å². The van der Waals surface area contributed by atoms with Gasteiger partial charge in [0.25, 0.3) is 0 Å². The zero-order chi connectivity index (χ0) is 8.04. The Kier molecular flexibility index (Phi) is 5.25. The first kappa shape index (κ1) is 10.4. The van der Waals surface area contributed by atoms with Crippen LogP contribution in [-0.4, -0.2) is 41.0 Å². The molecule has 0 radical (unpaired) electrons. The van der Waals surface area contributed by atoms with E-state index in [1.807, 2.05) is 0 Å². The zero-order valence-electron chi connectivity index (χ0n) is 6.01. The molecule has 0 saturated heterocycles. The van der Waals surface area contributed by atoms with Crippen LogP contribution in [-0.2, 0) is 4.74 Å². The van der Waals surface area contributed by atoms with Crippen molar-refractivity contribution < 1.29 is 14.9 Å². The molecule has 10 heavy (non-hydrogen) atoms. The summed E-state index contributed by atoms with van der Waals surface area (Å²) in [6.07, 6.45) is 0. The molecule has 3 nitrogen and oxygen atoms in total. The lowest BCUT2D eigenvalue weighted by atomic mass is 10.1. The average molecular weight is 213 g/mol. The van der Waals surface area contributed by atoms with Gasteiger partial charge in [0, 0.05) is 5.33 Å². The summed E-state index contributed by atoms with van der Waals surface area (Å²) in [5.41, 5.74) is -0.553. The maximum atomic E-state index is 8.78. The quantitative estimate of drug-likeness (QED) is 0.638. The second-order valence-corrected chi connectivity index (χ2v) is 2.87. The minimum atomic E-state index is -0.553. The molecule has 0 fully saturated rings. The van der Waals surface area contributed by atoms with Gasteiger partial charge in [-0.3, -0.25) is 0 Å². The van der Waals surface area contributed by atoms with Gasteiger partial charge in [0.1, 0.15) is 0 Å². The Balaban J connectivity index is 3.58.